The van der Waals surface area contributed by atoms with E-state index in [4.69, 9.17) is 10.2 Å². The molecule has 0 aromatic heterocycles. The third kappa shape index (κ3) is 2.67. The van der Waals surface area contributed by atoms with Gasteiger partial charge in [0.25, 0.3) is 0 Å². The Hall–Kier alpha value is -0.0800. The van der Waals surface area contributed by atoms with E-state index >= 15 is 0 Å². The molecule has 2 N–H and O–H groups in total. The van der Waals surface area contributed by atoms with Gasteiger partial charge < -0.3 is 10.2 Å². The van der Waals surface area contributed by atoms with E-state index in [2.05, 4.69) is 0 Å². The van der Waals surface area contributed by atoms with Crippen molar-refractivity contribution in [3.05, 3.63) is 0 Å². The highest BCUT2D eigenvalue weighted by atomic mass is 16.3. The van der Waals surface area contributed by atoms with Crippen LogP contribution < -0.4 is 0 Å². The fourth-order valence-electron chi connectivity index (χ4n) is 1.12. The van der Waals surface area contributed by atoms with Gasteiger partial charge in [-0.15, -0.1) is 0 Å². The van der Waals surface area contributed by atoms with Gasteiger partial charge in [-0.2, -0.15) is 0 Å². The highest BCUT2D eigenvalue weighted by Crippen LogP contribution is 2.34. The van der Waals surface area contributed by atoms with Crippen molar-refractivity contribution >= 4 is 0 Å². The summed E-state index contributed by atoms with van der Waals surface area (Å²) in [6, 6.07) is 0. The largest absolute Gasteiger partial charge is 0.396 e. The molecule has 0 radical (unpaired) electrons. The van der Waals surface area contributed by atoms with Crippen molar-refractivity contribution in [3.63, 3.8) is 0 Å². The summed E-state index contributed by atoms with van der Waals surface area (Å²) in [4.78, 5) is 0. The van der Waals surface area contributed by atoms with Gasteiger partial charge in [-0.25, -0.2) is 0 Å². The Balaban J connectivity index is 1.97. The Labute approximate surface area is 61.9 Å². The second kappa shape index (κ2) is 3.94. The lowest BCUT2D eigenvalue weighted by Gasteiger charge is -2.08. The molecule has 2 nitrogen and oxygen atoms in total. The Bertz CT molecular complexity index is 85.3. The summed E-state index contributed by atoms with van der Waals surface area (Å²) in [6.07, 6.45) is 4.93. The SMILES string of the molecule is OCC(CO)CCC1CC1. The molecule has 0 unspecified atom stereocenters. The second-order valence-corrected chi connectivity index (χ2v) is 3.25. The summed E-state index contributed by atoms with van der Waals surface area (Å²) in [5.74, 6) is 1.06. The fourth-order valence-corrected chi connectivity index (χ4v) is 1.12. The molecule has 0 atom stereocenters. The van der Waals surface area contributed by atoms with Crippen molar-refractivity contribution in [3.8, 4) is 0 Å². The molecule has 2 heteroatoms. The molecule has 0 saturated heterocycles. The van der Waals surface area contributed by atoms with Crippen LogP contribution in [0.5, 0.6) is 0 Å². The van der Waals surface area contributed by atoms with E-state index in [1.807, 2.05) is 0 Å². The van der Waals surface area contributed by atoms with Crippen molar-refractivity contribution in [2.45, 2.75) is 25.7 Å². The Morgan fingerprint density at radius 1 is 1.20 bits per heavy atom. The maximum atomic E-state index is 8.70. The second-order valence-electron chi connectivity index (χ2n) is 3.25. The molecule has 0 amide bonds. The molecular weight excluding hydrogens is 128 g/mol. The van der Waals surface area contributed by atoms with E-state index in [1.165, 1.54) is 19.3 Å². The number of rotatable bonds is 5. The normalized spacial score (nSPS) is 18.3. The lowest BCUT2D eigenvalue weighted by atomic mass is 10.0. The third-order valence-electron chi connectivity index (χ3n) is 2.20. The van der Waals surface area contributed by atoms with E-state index in [0.29, 0.717) is 0 Å². The first-order valence-electron chi connectivity index (χ1n) is 4.08. The van der Waals surface area contributed by atoms with E-state index in [1.54, 1.807) is 0 Å². The smallest absolute Gasteiger partial charge is 0.0481 e. The Kier molecular flexibility index (Phi) is 3.16. The summed E-state index contributed by atoms with van der Waals surface area (Å²) < 4.78 is 0. The van der Waals surface area contributed by atoms with Gasteiger partial charge in [-0.3, -0.25) is 0 Å². The van der Waals surface area contributed by atoms with Gasteiger partial charge in [0.1, 0.15) is 0 Å². The standard InChI is InChI=1S/C8H16O2/c9-5-8(6-10)4-3-7-1-2-7/h7-10H,1-6H2. The highest BCUT2D eigenvalue weighted by Gasteiger charge is 2.21. The summed E-state index contributed by atoms with van der Waals surface area (Å²) in [5.41, 5.74) is 0. The van der Waals surface area contributed by atoms with E-state index < -0.39 is 0 Å². The summed E-state index contributed by atoms with van der Waals surface area (Å²) in [7, 11) is 0. The van der Waals surface area contributed by atoms with Crippen molar-refractivity contribution in [1.82, 2.24) is 0 Å². The molecule has 1 rings (SSSR count). The minimum atomic E-state index is 0.139. The van der Waals surface area contributed by atoms with Crippen molar-refractivity contribution in [1.29, 1.82) is 0 Å². The van der Waals surface area contributed by atoms with Crippen LogP contribution in [0.4, 0.5) is 0 Å². The van der Waals surface area contributed by atoms with Crippen molar-refractivity contribution in [2.75, 3.05) is 13.2 Å². The first-order valence-corrected chi connectivity index (χ1v) is 4.08. The van der Waals surface area contributed by atoms with Gasteiger partial charge in [0, 0.05) is 19.1 Å². The van der Waals surface area contributed by atoms with Gasteiger partial charge in [-0.1, -0.05) is 19.3 Å². The number of aliphatic hydroxyl groups excluding tert-OH is 2. The van der Waals surface area contributed by atoms with Crippen LogP contribution in [0.15, 0.2) is 0 Å². The van der Waals surface area contributed by atoms with Gasteiger partial charge in [0.2, 0.25) is 0 Å². The summed E-state index contributed by atoms with van der Waals surface area (Å²) >= 11 is 0. The van der Waals surface area contributed by atoms with Crippen LogP contribution >= 0.6 is 0 Å². The number of hydrogen-bond donors (Lipinski definition) is 2. The molecule has 0 aromatic carbocycles. The van der Waals surface area contributed by atoms with Gasteiger partial charge in [0.05, 0.1) is 0 Å². The van der Waals surface area contributed by atoms with Crippen LogP contribution in [0.2, 0.25) is 0 Å². The molecule has 0 aliphatic heterocycles. The van der Waals surface area contributed by atoms with Crippen LogP contribution in [0.1, 0.15) is 25.7 Å². The maximum absolute atomic E-state index is 8.70. The maximum Gasteiger partial charge on any atom is 0.0481 e. The van der Waals surface area contributed by atoms with E-state index in [9.17, 15) is 0 Å². The van der Waals surface area contributed by atoms with Crippen LogP contribution in [0.3, 0.4) is 0 Å². The van der Waals surface area contributed by atoms with Crippen molar-refractivity contribution in [2.24, 2.45) is 11.8 Å². The topological polar surface area (TPSA) is 40.5 Å². The quantitative estimate of drug-likeness (QED) is 0.598. The predicted octanol–water partition coefficient (Wildman–Crippen LogP) is 0.777. The molecule has 10 heavy (non-hydrogen) atoms. The lowest BCUT2D eigenvalue weighted by molar-refractivity contribution is 0.141. The summed E-state index contributed by atoms with van der Waals surface area (Å²) in [6.45, 7) is 0.284. The van der Waals surface area contributed by atoms with E-state index in [-0.39, 0.29) is 19.1 Å². The highest BCUT2D eigenvalue weighted by molar-refractivity contribution is 4.74. The average Bonchev–Trinajstić information content (AvgIpc) is 2.74. The van der Waals surface area contributed by atoms with Gasteiger partial charge in [0.15, 0.2) is 0 Å². The fraction of sp³-hybridized carbons (Fsp3) is 1.00. The van der Waals surface area contributed by atoms with Crippen LogP contribution in [0, 0.1) is 11.8 Å². The molecule has 0 heterocycles. The molecule has 0 bridgehead atoms. The zero-order valence-electron chi connectivity index (χ0n) is 6.29. The molecule has 1 saturated carbocycles. The van der Waals surface area contributed by atoms with Crippen LogP contribution in [-0.4, -0.2) is 23.4 Å². The third-order valence-corrected chi connectivity index (χ3v) is 2.20. The molecule has 0 spiro atoms. The number of hydrogen-bond acceptors (Lipinski definition) is 2. The molecule has 1 fully saturated rings. The molecule has 1 aliphatic carbocycles. The van der Waals surface area contributed by atoms with E-state index in [0.717, 1.165) is 12.3 Å². The Morgan fingerprint density at radius 2 is 1.80 bits per heavy atom. The molecule has 60 valence electrons. The van der Waals surface area contributed by atoms with Crippen molar-refractivity contribution < 1.29 is 10.2 Å². The lowest BCUT2D eigenvalue weighted by Crippen LogP contribution is -2.10. The minimum Gasteiger partial charge on any atom is -0.396 e. The Morgan fingerprint density at radius 3 is 2.20 bits per heavy atom. The van der Waals surface area contributed by atoms with Crippen LogP contribution in [-0.2, 0) is 0 Å². The van der Waals surface area contributed by atoms with Gasteiger partial charge in [-0.05, 0) is 12.3 Å². The van der Waals surface area contributed by atoms with Gasteiger partial charge >= 0.3 is 0 Å². The minimum absolute atomic E-state index is 0.139. The molecular formula is C8H16O2. The first kappa shape index (κ1) is 8.02. The average molecular weight is 144 g/mol. The monoisotopic (exact) mass is 144 g/mol. The first-order chi connectivity index (χ1) is 4.86. The summed E-state index contributed by atoms with van der Waals surface area (Å²) in [5, 5.41) is 17.4. The molecule has 1 aliphatic rings. The zero-order chi connectivity index (χ0) is 7.40. The predicted molar refractivity (Wildman–Crippen MR) is 39.6 cm³/mol. The van der Waals surface area contributed by atoms with Crippen LogP contribution in [0.25, 0.3) is 0 Å². The zero-order valence-corrected chi connectivity index (χ0v) is 6.29. The number of aliphatic hydroxyl groups is 2. The molecule has 0 aromatic rings.